The molecule has 0 amide bonds. The van der Waals surface area contributed by atoms with E-state index in [2.05, 4.69) is 73.2 Å². The molecule has 0 bridgehead atoms. The normalized spacial score (nSPS) is 19.2. The molecule has 0 aliphatic heterocycles. The van der Waals surface area contributed by atoms with E-state index in [1.165, 1.54) is 29.3 Å². The van der Waals surface area contributed by atoms with E-state index in [1.807, 2.05) is 0 Å². The van der Waals surface area contributed by atoms with Crippen LogP contribution in [-0.2, 0) is 6.42 Å². The molecule has 2 heteroatoms. The molecule has 1 fully saturated rings. The van der Waals surface area contributed by atoms with Gasteiger partial charge in [0.25, 0.3) is 0 Å². The highest BCUT2D eigenvalue weighted by atomic mass is 79.9. The molecule has 2 rings (SSSR count). The van der Waals surface area contributed by atoms with Crippen LogP contribution in [0.1, 0.15) is 46.1 Å². The molecule has 0 heterocycles. The van der Waals surface area contributed by atoms with E-state index in [0.29, 0.717) is 5.41 Å². The van der Waals surface area contributed by atoms with Crippen molar-refractivity contribution < 1.29 is 0 Å². The Bertz CT molecular complexity index is 431. The van der Waals surface area contributed by atoms with Crippen molar-refractivity contribution in [3.05, 3.63) is 34.3 Å². The maximum Gasteiger partial charge on any atom is 0.0177 e. The van der Waals surface area contributed by atoms with Crippen LogP contribution in [-0.4, -0.2) is 12.1 Å². The number of hydrogen-bond acceptors (Lipinski definition) is 1. The first kappa shape index (κ1) is 15.1. The summed E-state index contributed by atoms with van der Waals surface area (Å²) in [6.07, 6.45) is 3.97. The molecular formula is C17H26BrN. The molecule has 19 heavy (non-hydrogen) atoms. The second-order valence-corrected chi connectivity index (χ2v) is 8.25. The third kappa shape index (κ3) is 4.61. The standard InChI is InChI=1S/C17H26BrN/c1-16(2,3)19-12-17(4,14-8-9-14)11-13-6-5-7-15(18)10-13/h5-7,10,14,19H,8-9,11-12H2,1-4H3. The predicted octanol–water partition coefficient (Wildman–Crippen LogP) is 4.80. The molecule has 1 aliphatic carbocycles. The van der Waals surface area contributed by atoms with Gasteiger partial charge in [0, 0.05) is 16.6 Å². The molecule has 1 aliphatic rings. The average molecular weight is 324 g/mol. The Kier molecular flexibility index (Phi) is 4.42. The quantitative estimate of drug-likeness (QED) is 0.821. The number of halogens is 1. The minimum atomic E-state index is 0.202. The zero-order chi connectivity index (χ0) is 14.1. The highest BCUT2D eigenvalue weighted by Crippen LogP contribution is 2.47. The summed E-state index contributed by atoms with van der Waals surface area (Å²) in [6.45, 7) is 10.3. The lowest BCUT2D eigenvalue weighted by atomic mass is 9.78. The Morgan fingerprint density at radius 1 is 1.21 bits per heavy atom. The van der Waals surface area contributed by atoms with E-state index in [0.717, 1.165) is 12.5 Å². The second kappa shape index (κ2) is 5.57. The van der Waals surface area contributed by atoms with Crippen LogP contribution in [0.5, 0.6) is 0 Å². The number of hydrogen-bond donors (Lipinski definition) is 1. The molecule has 106 valence electrons. The molecule has 1 atom stereocenters. The molecule has 1 aromatic rings. The fourth-order valence-corrected chi connectivity index (χ4v) is 3.16. The van der Waals surface area contributed by atoms with Crippen LogP contribution in [0.15, 0.2) is 28.7 Å². The summed E-state index contributed by atoms with van der Waals surface area (Å²) >= 11 is 3.58. The summed E-state index contributed by atoms with van der Waals surface area (Å²) in [4.78, 5) is 0. The smallest absolute Gasteiger partial charge is 0.0177 e. The molecule has 0 spiro atoms. The summed E-state index contributed by atoms with van der Waals surface area (Å²) in [5.41, 5.74) is 2.03. The minimum Gasteiger partial charge on any atom is -0.312 e. The van der Waals surface area contributed by atoms with Crippen LogP contribution in [0.25, 0.3) is 0 Å². The van der Waals surface area contributed by atoms with Gasteiger partial charge in [0.15, 0.2) is 0 Å². The maximum atomic E-state index is 3.71. The fraction of sp³-hybridized carbons (Fsp3) is 0.647. The Labute approximate surface area is 126 Å². The fourth-order valence-electron chi connectivity index (χ4n) is 2.71. The summed E-state index contributed by atoms with van der Waals surface area (Å²) in [5.74, 6) is 0.890. The Balaban J connectivity index is 2.07. The topological polar surface area (TPSA) is 12.0 Å². The first-order chi connectivity index (χ1) is 8.78. The van der Waals surface area contributed by atoms with Gasteiger partial charge in [-0.2, -0.15) is 0 Å². The van der Waals surface area contributed by atoms with Gasteiger partial charge in [-0.15, -0.1) is 0 Å². The molecule has 0 saturated heterocycles. The highest BCUT2D eigenvalue weighted by molar-refractivity contribution is 9.10. The van der Waals surface area contributed by atoms with Crippen molar-refractivity contribution in [1.29, 1.82) is 0 Å². The van der Waals surface area contributed by atoms with Gasteiger partial charge < -0.3 is 5.32 Å². The van der Waals surface area contributed by atoms with E-state index in [-0.39, 0.29) is 5.54 Å². The average Bonchev–Trinajstić information content (AvgIpc) is 3.09. The molecule has 1 aromatic carbocycles. The zero-order valence-corrected chi connectivity index (χ0v) is 14.2. The van der Waals surface area contributed by atoms with Crippen LogP contribution in [0, 0.1) is 11.3 Å². The van der Waals surface area contributed by atoms with Gasteiger partial charge in [-0.1, -0.05) is 35.0 Å². The molecule has 1 nitrogen and oxygen atoms in total. The van der Waals surface area contributed by atoms with Crippen molar-refractivity contribution in [2.45, 2.75) is 52.5 Å². The van der Waals surface area contributed by atoms with Crippen LogP contribution < -0.4 is 5.32 Å². The van der Waals surface area contributed by atoms with Crippen molar-refractivity contribution in [2.75, 3.05) is 6.54 Å². The summed E-state index contributed by atoms with van der Waals surface area (Å²) in [5, 5.41) is 3.71. The van der Waals surface area contributed by atoms with E-state index in [4.69, 9.17) is 0 Å². The van der Waals surface area contributed by atoms with Crippen LogP contribution >= 0.6 is 15.9 Å². The van der Waals surface area contributed by atoms with Crippen molar-refractivity contribution in [2.24, 2.45) is 11.3 Å². The Morgan fingerprint density at radius 2 is 1.89 bits per heavy atom. The van der Waals surface area contributed by atoms with Gasteiger partial charge in [0.05, 0.1) is 0 Å². The highest BCUT2D eigenvalue weighted by Gasteiger charge is 2.41. The van der Waals surface area contributed by atoms with Gasteiger partial charge in [-0.3, -0.25) is 0 Å². The van der Waals surface area contributed by atoms with Gasteiger partial charge in [-0.25, -0.2) is 0 Å². The van der Waals surface area contributed by atoms with Crippen molar-refractivity contribution in [1.82, 2.24) is 5.32 Å². The Morgan fingerprint density at radius 3 is 2.42 bits per heavy atom. The largest absolute Gasteiger partial charge is 0.312 e. The lowest BCUT2D eigenvalue weighted by Crippen LogP contribution is -2.44. The van der Waals surface area contributed by atoms with E-state index in [9.17, 15) is 0 Å². The molecule has 0 aromatic heterocycles. The third-order valence-electron chi connectivity index (χ3n) is 4.08. The zero-order valence-electron chi connectivity index (χ0n) is 12.6. The van der Waals surface area contributed by atoms with E-state index < -0.39 is 0 Å². The van der Waals surface area contributed by atoms with E-state index in [1.54, 1.807) is 0 Å². The molecule has 1 saturated carbocycles. The molecule has 1 unspecified atom stereocenters. The third-order valence-corrected chi connectivity index (χ3v) is 4.58. The van der Waals surface area contributed by atoms with Gasteiger partial charge in [-0.05, 0) is 69.1 Å². The summed E-state index contributed by atoms with van der Waals surface area (Å²) in [7, 11) is 0. The van der Waals surface area contributed by atoms with Gasteiger partial charge in [0.2, 0.25) is 0 Å². The Hall–Kier alpha value is -0.340. The van der Waals surface area contributed by atoms with Crippen LogP contribution in [0.4, 0.5) is 0 Å². The SMILES string of the molecule is CC(C)(C)NCC(C)(Cc1cccc(Br)c1)C1CC1. The number of nitrogens with one attached hydrogen (secondary N) is 1. The minimum absolute atomic E-state index is 0.202. The van der Waals surface area contributed by atoms with Crippen LogP contribution in [0.3, 0.4) is 0 Å². The van der Waals surface area contributed by atoms with E-state index >= 15 is 0 Å². The van der Waals surface area contributed by atoms with Gasteiger partial charge in [0.1, 0.15) is 0 Å². The lowest BCUT2D eigenvalue weighted by molar-refractivity contribution is 0.227. The first-order valence-corrected chi connectivity index (χ1v) is 8.07. The monoisotopic (exact) mass is 323 g/mol. The summed E-state index contributed by atoms with van der Waals surface area (Å²) in [6, 6.07) is 8.76. The van der Waals surface area contributed by atoms with Crippen molar-refractivity contribution in [3.63, 3.8) is 0 Å². The molecule has 1 N–H and O–H groups in total. The van der Waals surface area contributed by atoms with Gasteiger partial charge >= 0.3 is 0 Å². The molecule has 0 radical (unpaired) electrons. The van der Waals surface area contributed by atoms with Crippen molar-refractivity contribution in [3.8, 4) is 0 Å². The predicted molar refractivity (Wildman–Crippen MR) is 86.4 cm³/mol. The maximum absolute atomic E-state index is 3.71. The summed E-state index contributed by atoms with van der Waals surface area (Å²) < 4.78 is 1.19. The van der Waals surface area contributed by atoms with Crippen molar-refractivity contribution >= 4 is 15.9 Å². The number of benzene rings is 1. The number of rotatable bonds is 5. The first-order valence-electron chi connectivity index (χ1n) is 7.28. The van der Waals surface area contributed by atoms with Crippen LogP contribution in [0.2, 0.25) is 0 Å². The lowest BCUT2D eigenvalue weighted by Gasteiger charge is -2.34. The second-order valence-electron chi connectivity index (χ2n) is 7.34. The molecular weight excluding hydrogens is 298 g/mol.